The molecule has 4 heteroatoms. The Kier molecular flexibility index (Phi) is 3.56. The van der Waals surface area contributed by atoms with Gasteiger partial charge >= 0.3 is 0 Å². The molecule has 2 aromatic rings. The van der Waals surface area contributed by atoms with E-state index in [1.807, 2.05) is 18.2 Å². The van der Waals surface area contributed by atoms with Crippen molar-refractivity contribution in [2.45, 2.75) is 0 Å². The van der Waals surface area contributed by atoms with Crippen LogP contribution in [-0.2, 0) is 4.57 Å². The van der Waals surface area contributed by atoms with Crippen LogP contribution in [0.25, 0.3) is 0 Å². The Bertz CT molecular complexity index is 537. The number of hydrogen-bond acceptors (Lipinski definition) is 2. The first kappa shape index (κ1) is 12.2. The van der Waals surface area contributed by atoms with Crippen LogP contribution >= 0.6 is 17.7 Å². The Morgan fingerprint density at radius 1 is 0.941 bits per heavy atom. The average molecular weight is 267 g/mol. The zero-order valence-corrected chi connectivity index (χ0v) is 11.0. The summed E-state index contributed by atoms with van der Waals surface area (Å²) < 4.78 is 17.6. The van der Waals surface area contributed by atoms with Gasteiger partial charge in [-0.05, 0) is 35.5 Å². The molecule has 88 valence electrons. The van der Waals surface area contributed by atoms with E-state index in [1.54, 1.807) is 43.5 Å². The van der Waals surface area contributed by atoms with Gasteiger partial charge in [-0.3, -0.25) is 4.57 Å². The molecule has 0 saturated carbocycles. The maximum absolute atomic E-state index is 12.5. The second kappa shape index (κ2) is 4.95. The highest BCUT2D eigenvalue weighted by Gasteiger charge is 2.23. The number of benzene rings is 2. The number of rotatable bonds is 3. The molecule has 0 bridgehead atoms. The average Bonchev–Trinajstić information content (AvgIpc) is 2.40. The molecule has 2 nitrogen and oxygen atoms in total. The highest BCUT2D eigenvalue weighted by atomic mass is 35.7. The summed E-state index contributed by atoms with van der Waals surface area (Å²) in [4.78, 5) is 0. The Balaban J connectivity index is 2.41. The van der Waals surface area contributed by atoms with Crippen LogP contribution in [0.1, 0.15) is 0 Å². The van der Waals surface area contributed by atoms with Crippen LogP contribution in [-0.4, -0.2) is 7.11 Å². The van der Waals surface area contributed by atoms with Gasteiger partial charge in [0, 0.05) is 10.6 Å². The normalized spacial score (nSPS) is 14.0. The second-order valence-electron chi connectivity index (χ2n) is 3.57. The van der Waals surface area contributed by atoms with Gasteiger partial charge in [0.25, 0.3) is 0 Å². The van der Waals surface area contributed by atoms with Crippen LogP contribution in [0.15, 0.2) is 54.6 Å². The van der Waals surface area contributed by atoms with E-state index in [-0.39, 0.29) is 0 Å². The first-order valence-corrected chi connectivity index (χ1v) is 7.76. The van der Waals surface area contributed by atoms with Gasteiger partial charge in [-0.1, -0.05) is 30.3 Å². The van der Waals surface area contributed by atoms with E-state index in [0.29, 0.717) is 10.6 Å². The third kappa shape index (κ3) is 2.54. The highest BCUT2D eigenvalue weighted by Crippen LogP contribution is 2.48. The quantitative estimate of drug-likeness (QED) is 0.798. The number of hydrogen-bond donors (Lipinski definition) is 0. The fourth-order valence-corrected chi connectivity index (χ4v) is 3.61. The standard InChI is InChI=1S/C13H12ClO2P/c1-16-11-7-9-13(10-8-11)17(14,15)12-5-3-2-4-6-12/h2-10H,1H3. The fraction of sp³-hybridized carbons (Fsp3) is 0.0769. The van der Waals surface area contributed by atoms with E-state index in [4.69, 9.17) is 16.0 Å². The molecule has 0 aliphatic carbocycles. The zero-order valence-electron chi connectivity index (χ0n) is 9.34. The molecule has 2 rings (SSSR count). The molecule has 1 unspecified atom stereocenters. The topological polar surface area (TPSA) is 26.3 Å². The third-order valence-corrected chi connectivity index (χ3v) is 5.59. The van der Waals surface area contributed by atoms with Crippen molar-refractivity contribution in [3.63, 3.8) is 0 Å². The first-order chi connectivity index (χ1) is 8.14. The Morgan fingerprint density at radius 2 is 1.47 bits per heavy atom. The molecule has 0 saturated heterocycles. The monoisotopic (exact) mass is 266 g/mol. The van der Waals surface area contributed by atoms with Gasteiger partial charge in [-0.2, -0.15) is 0 Å². The lowest BCUT2D eigenvalue weighted by atomic mass is 10.3. The van der Waals surface area contributed by atoms with Gasteiger partial charge in [0.15, 0.2) is 0 Å². The van der Waals surface area contributed by atoms with Gasteiger partial charge in [0.1, 0.15) is 5.75 Å². The minimum atomic E-state index is -3.01. The lowest BCUT2D eigenvalue weighted by Crippen LogP contribution is -2.11. The Hall–Kier alpha value is -1.24. The zero-order chi connectivity index (χ0) is 12.3. The molecule has 0 fully saturated rings. The molecule has 17 heavy (non-hydrogen) atoms. The summed E-state index contributed by atoms with van der Waals surface area (Å²) in [6.07, 6.45) is 0. The molecule has 1 atom stereocenters. The summed E-state index contributed by atoms with van der Waals surface area (Å²) in [6.45, 7) is -3.01. The molecule has 2 aromatic carbocycles. The van der Waals surface area contributed by atoms with E-state index in [0.717, 1.165) is 5.75 Å². The van der Waals surface area contributed by atoms with Gasteiger partial charge < -0.3 is 4.74 Å². The minimum absolute atomic E-state index is 0.617. The molecular formula is C13H12ClO2P. The van der Waals surface area contributed by atoms with E-state index >= 15 is 0 Å². The van der Waals surface area contributed by atoms with Crippen molar-refractivity contribution in [2.75, 3.05) is 7.11 Å². The molecule has 0 aliphatic heterocycles. The van der Waals surface area contributed by atoms with E-state index in [1.165, 1.54) is 0 Å². The number of methoxy groups -OCH3 is 1. The maximum Gasteiger partial charge on any atom is 0.225 e. The molecule has 0 radical (unpaired) electrons. The van der Waals surface area contributed by atoms with E-state index in [9.17, 15) is 4.57 Å². The van der Waals surface area contributed by atoms with Crippen LogP contribution in [0.4, 0.5) is 0 Å². The number of ether oxygens (including phenoxy) is 1. The maximum atomic E-state index is 12.5. The Labute approximate surface area is 105 Å². The van der Waals surface area contributed by atoms with Crippen molar-refractivity contribution in [3.05, 3.63) is 54.6 Å². The Morgan fingerprint density at radius 3 is 2.00 bits per heavy atom. The van der Waals surface area contributed by atoms with Crippen molar-refractivity contribution >= 4 is 28.3 Å². The van der Waals surface area contributed by atoms with Gasteiger partial charge in [-0.25, -0.2) is 0 Å². The predicted molar refractivity (Wildman–Crippen MR) is 72.2 cm³/mol. The van der Waals surface area contributed by atoms with Gasteiger partial charge in [-0.15, -0.1) is 0 Å². The molecule has 0 N–H and O–H groups in total. The summed E-state index contributed by atoms with van der Waals surface area (Å²) in [6, 6.07) is 16.1. The minimum Gasteiger partial charge on any atom is -0.497 e. The van der Waals surface area contributed by atoms with Crippen molar-refractivity contribution in [1.82, 2.24) is 0 Å². The largest absolute Gasteiger partial charge is 0.497 e. The summed E-state index contributed by atoms with van der Waals surface area (Å²) in [5.41, 5.74) is 0. The van der Waals surface area contributed by atoms with Crippen LogP contribution in [0.3, 0.4) is 0 Å². The summed E-state index contributed by atoms with van der Waals surface area (Å²) >= 11 is 6.20. The smallest absolute Gasteiger partial charge is 0.225 e. The van der Waals surface area contributed by atoms with Crippen LogP contribution in [0, 0.1) is 0 Å². The molecule has 0 heterocycles. The molecule has 0 aromatic heterocycles. The third-order valence-electron chi connectivity index (χ3n) is 2.49. The molecular weight excluding hydrogens is 255 g/mol. The molecule has 0 amide bonds. The summed E-state index contributed by atoms with van der Waals surface area (Å²) in [7, 11) is 1.59. The van der Waals surface area contributed by atoms with Crippen LogP contribution in [0.5, 0.6) is 5.75 Å². The second-order valence-corrected chi connectivity index (χ2v) is 7.09. The van der Waals surface area contributed by atoms with E-state index in [2.05, 4.69) is 0 Å². The van der Waals surface area contributed by atoms with Crippen molar-refractivity contribution in [1.29, 1.82) is 0 Å². The molecule has 0 aliphatic rings. The van der Waals surface area contributed by atoms with Crippen molar-refractivity contribution in [2.24, 2.45) is 0 Å². The van der Waals surface area contributed by atoms with Crippen molar-refractivity contribution < 1.29 is 9.30 Å². The summed E-state index contributed by atoms with van der Waals surface area (Å²) in [5.74, 6) is 0.721. The SMILES string of the molecule is COc1ccc(P(=O)(Cl)c2ccccc2)cc1. The van der Waals surface area contributed by atoms with Crippen molar-refractivity contribution in [3.8, 4) is 5.75 Å². The first-order valence-electron chi connectivity index (χ1n) is 5.14. The lowest BCUT2D eigenvalue weighted by Gasteiger charge is -2.11. The van der Waals surface area contributed by atoms with Crippen LogP contribution < -0.4 is 15.3 Å². The highest BCUT2D eigenvalue weighted by molar-refractivity contribution is 8.00. The lowest BCUT2D eigenvalue weighted by molar-refractivity contribution is 0.415. The fourth-order valence-electron chi connectivity index (χ4n) is 1.54. The predicted octanol–water partition coefficient (Wildman–Crippen LogP) is 3.16. The summed E-state index contributed by atoms with van der Waals surface area (Å²) in [5, 5.41) is 1.26. The number of halogens is 1. The van der Waals surface area contributed by atoms with Crippen LogP contribution in [0.2, 0.25) is 0 Å². The van der Waals surface area contributed by atoms with Gasteiger partial charge in [0.2, 0.25) is 6.49 Å². The van der Waals surface area contributed by atoms with E-state index < -0.39 is 6.49 Å². The molecule has 0 spiro atoms. The van der Waals surface area contributed by atoms with Gasteiger partial charge in [0.05, 0.1) is 7.11 Å².